The fourth-order valence-electron chi connectivity index (χ4n) is 4.61. The van der Waals surface area contributed by atoms with Crippen LogP contribution in [-0.2, 0) is 16.6 Å². The van der Waals surface area contributed by atoms with Gasteiger partial charge in [-0.1, -0.05) is 67.8 Å². The van der Waals surface area contributed by atoms with Crippen LogP contribution in [0.5, 0.6) is 5.75 Å². The first-order valence-electron chi connectivity index (χ1n) is 10.8. The number of phenols is 1. The molecule has 2 aromatic rings. The van der Waals surface area contributed by atoms with Crippen LogP contribution in [-0.4, -0.2) is 42.6 Å². The van der Waals surface area contributed by atoms with Crippen LogP contribution in [0.4, 0.5) is 0 Å². The SMILES string of the molecule is CN(C)C(=O)C(CCNC1CCCCC1)(Cc1ccccc1O)c1ccccc1. The van der Waals surface area contributed by atoms with Crippen molar-refractivity contribution in [2.75, 3.05) is 20.6 Å². The van der Waals surface area contributed by atoms with Crippen LogP contribution in [0.2, 0.25) is 0 Å². The number of benzene rings is 2. The molecule has 1 fully saturated rings. The summed E-state index contributed by atoms with van der Waals surface area (Å²) < 4.78 is 0. The van der Waals surface area contributed by atoms with Gasteiger partial charge in [-0.05, 0) is 49.4 Å². The Morgan fingerprint density at radius 2 is 1.69 bits per heavy atom. The Hall–Kier alpha value is -2.33. The molecular weight excluding hydrogens is 360 g/mol. The molecule has 0 aliphatic heterocycles. The molecule has 4 heteroatoms. The van der Waals surface area contributed by atoms with Crippen molar-refractivity contribution in [3.05, 3.63) is 65.7 Å². The van der Waals surface area contributed by atoms with E-state index in [1.165, 1.54) is 32.1 Å². The summed E-state index contributed by atoms with van der Waals surface area (Å²) in [6, 6.07) is 18.0. The first kappa shape index (κ1) is 21.4. The van der Waals surface area contributed by atoms with Gasteiger partial charge in [0.05, 0.1) is 5.41 Å². The maximum atomic E-state index is 13.6. The number of rotatable bonds is 8. The smallest absolute Gasteiger partial charge is 0.233 e. The predicted molar refractivity (Wildman–Crippen MR) is 118 cm³/mol. The number of aromatic hydroxyl groups is 1. The molecule has 0 radical (unpaired) electrons. The second-order valence-corrected chi connectivity index (χ2v) is 8.49. The highest BCUT2D eigenvalue weighted by molar-refractivity contribution is 5.88. The van der Waals surface area contributed by atoms with E-state index in [0.717, 1.165) is 17.7 Å². The van der Waals surface area contributed by atoms with Crippen molar-refractivity contribution in [1.82, 2.24) is 10.2 Å². The summed E-state index contributed by atoms with van der Waals surface area (Å²) in [5.41, 5.74) is 1.10. The number of hydrogen-bond acceptors (Lipinski definition) is 3. The fourth-order valence-corrected chi connectivity index (χ4v) is 4.61. The van der Waals surface area contributed by atoms with Gasteiger partial charge in [0.2, 0.25) is 5.91 Å². The highest BCUT2D eigenvalue weighted by atomic mass is 16.3. The summed E-state index contributed by atoms with van der Waals surface area (Å²) in [4.78, 5) is 15.3. The number of carbonyl (C=O) groups excluding carboxylic acids is 1. The van der Waals surface area contributed by atoms with Gasteiger partial charge >= 0.3 is 0 Å². The van der Waals surface area contributed by atoms with Gasteiger partial charge in [0.15, 0.2) is 0 Å². The Morgan fingerprint density at radius 1 is 1.03 bits per heavy atom. The molecule has 0 spiro atoms. The summed E-state index contributed by atoms with van der Waals surface area (Å²) in [7, 11) is 3.64. The van der Waals surface area contributed by atoms with Crippen molar-refractivity contribution < 1.29 is 9.90 Å². The third kappa shape index (κ3) is 5.18. The van der Waals surface area contributed by atoms with Gasteiger partial charge in [0.1, 0.15) is 5.75 Å². The molecule has 0 heterocycles. The van der Waals surface area contributed by atoms with E-state index in [2.05, 4.69) is 5.32 Å². The minimum atomic E-state index is -0.717. The number of likely N-dealkylation sites (N-methyl/N-ethyl adjacent to an activating group) is 1. The fraction of sp³-hybridized carbons (Fsp3) is 0.480. The van der Waals surface area contributed by atoms with Gasteiger partial charge < -0.3 is 15.3 Å². The second kappa shape index (κ2) is 9.93. The summed E-state index contributed by atoms with van der Waals surface area (Å²) in [5.74, 6) is 0.331. The highest BCUT2D eigenvalue weighted by Gasteiger charge is 2.41. The van der Waals surface area contributed by atoms with Gasteiger partial charge in [0, 0.05) is 20.1 Å². The molecule has 0 bridgehead atoms. The monoisotopic (exact) mass is 394 g/mol. The number of phenolic OH excluding ortho intramolecular Hbond substituents is 1. The zero-order chi connectivity index (χ0) is 20.7. The minimum absolute atomic E-state index is 0.0809. The van der Waals surface area contributed by atoms with Crippen LogP contribution < -0.4 is 5.32 Å². The molecule has 3 rings (SSSR count). The van der Waals surface area contributed by atoms with Crippen LogP contribution in [0.3, 0.4) is 0 Å². The molecule has 2 aromatic carbocycles. The van der Waals surface area contributed by atoms with Gasteiger partial charge in [-0.3, -0.25) is 4.79 Å². The Morgan fingerprint density at radius 3 is 2.34 bits per heavy atom. The zero-order valence-corrected chi connectivity index (χ0v) is 17.7. The van der Waals surface area contributed by atoms with Gasteiger partial charge in [0.25, 0.3) is 0 Å². The van der Waals surface area contributed by atoms with Gasteiger partial charge in [-0.15, -0.1) is 0 Å². The normalized spacial score (nSPS) is 16.9. The molecule has 1 aliphatic carbocycles. The first-order chi connectivity index (χ1) is 14.0. The number of hydrogen-bond donors (Lipinski definition) is 2. The van der Waals surface area contributed by atoms with E-state index in [1.807, 2.05) is 62.6 Å². The molecular formula is C25H34N2O2. The predicted octanol–water partition coefficient (Wildman–Crippen LogP) is 4.27. The average molecular weight is 395 g/mol. The molecule has 2 N–H and O–H groups in total. The van der Waals surface area contributed by atoms with E-state index in [1.54, 1.807) is 11.0 Å². The Balaban J connectivity index is 1.92. The minimum Gasteiger partial charge on any atom is -0.508 e. The lowest BCUT2D eigenvalue weighted by Gasteiger charge is -2.36. The Labute approximate surface area is 174 Å². The third-order valence-corrected chi connectivity index (χ3v) is 6.22. The standard InChI is InChI=1S/C25H34N2O2/c1-27(2)24(29)25(21-12-5-3-6-13-21,19-20-11-9-10-16-23(20)28)17-18-26-22-14-7-4-8-15-22/h3,5-6,9-13,16,22,26,28H,4,7-8,14-15,17-19H2,1-2H3. The molecule has 1 unspecified atom stereocenters. The molecule has 156 valence electrons. The summed E-state index contributed by atoms with van der Waals surface area (Å²) in [6.07, 6.45) is 7.52. The van der Waals surface area contributed by atoms with E-state index in [0.29, 0.717) is 18.9 Å². The van der Waals surface area contributed by atoms with Gasteiger partial charge in [-0.2, -0.15) is 0 Å². The lowest BCUT2D eigenvalue weighted by Crippen LogP contribution is -2.48. The summed E-state index contributed by atoms with van der Waals surface area (Å²) in [5, 5.41) is 14.1. The molecule has 1 amide bonds. The first-order valence-corrected chi connectivity index (χ1v) is 10.8. The van der Waals surface area contributed by atoms with Crippen LogP contribution in [0.1, 0.15) is 49.7 Å². The molecule has 1 saturated carbocycles. The van der Waals surface area contributed by atoms with Crippen molar-refractivity contribution in [3.63, 3.8) is 0 Å². The molecule has 0 saturated heterocycles. The third-order valence-electron chi connectivity index (χ3n) is 6.22. The van der Waals surface area contributed by atoms with E-state index < -0.39 is 5.41 Å². The van der Waals surface area contributed by atoms with Crippen LogP contribution >= 0.6 is 0 Å². The lowest BCUT2D eigenvalue weighted by atomic mass is 9.71. The number of nitrogens with zero attached hydrogens (tertiary/aromatic N) is 1. The number of para-hydroxylation sites is 1. The maximum Gasteiger partial charge on any atom is 0.233 e. The molecule has 1 aliphatic rings. The van der Waals surface area contributed by atoms with E-state index in [9.17, 15) is 9.90 Å². The number of amides is 1. The Bertz CT molecular complexity index is 784. The van der Waals surface area contributed by atoms with Crippen molar-refractivity contribution in [1.29, 1.82) is 0 Å². The molecule has 1 atom stereocenters. The number of carbonyl (C=O) groups is 1. The van der Waals surface area contributed by atoms with Crippen LogP contribution in [0.15, 0.2) is 54.6 Å². The van der Waals surface area contributed by atoms with Crippen molar-refractivity contribution >= 4 is 5.91 Å². The van der Waals surface area contributed by atoms with E-state index >= 15 is 0 Å². The molecule has 0 aromatic heterocycles. The Kier molecular flexibility index (Phi) is 7.32. The van der Waals surface area contributed by atoms with Crippen molar-refractivity contribution in [3.8, 4) is 5.75 Å². The van der Waals surface area contributed by atoms with Crippen molar-refractivity contribution in [2.45, 2.75) is 56.4 Å². The van der Waals surface area contributed by atoms with Crippen LogP contribution in [0, 0.1) is 0 Å². The molecule has 29 heavy (non-hydrogen) atoms. The quantitative estimate of drug-likeness (QED) is 0.703. The van der Waals surface area contributed by atoms with Gasteiger partial charge in [-0.25, -0.2) is 0 Å². The summed E-state index contributed by atoms with van der Waals surface area (Å²) >= 11 is 0. The number of nitrogens with one attached hydrogen (secondary N) is 1. The summed E-state index contributed by atoms with van der Waals surface area (Å²) in [6.45, 7) is 0.784. The lowest BCUT2D eigenvalue weighted by molar-refractivity contribution is -0.135. The second-order valence-electron chi connectivity index (χ2n) is 8.49. The van der Waals surface area contributed by atoms with Crippen LogP contribution in [0.25, 0.3) is 0 Å². The van der Waals surface area contributed by atoms with Crippen molar-refractivity contribution in [2.24, 2.45) is 0 Å². The zero-order valence-electron chi connectivity index (χ0n) is 17.7. The van der Waals surface area contributed by atoms with E-state index in [-0.39, 0.29) is 11.7 Å². The maximum absolute atomic E-state index is 13.6. The average Bonchev–Trinajstić information content (AvgIpc) is 2.75. The largest absolute Gasteiger partial charge is 0.508 e. The highest BCUT2D eigenvalue weighted by Crippen LogP contribution is 2.36. The topological polar surface area (TPSA) is 52.6 Å². The molecule has 4 nitrogen and oxygen atoms in total. The van der Waals surface area contributed by atoms with E-state index in [4.69, 9.17) is 0 Å².